The van der Waals surface area contributed by atoms with Crippen molar-refractivity contribution in [3.63, 3.8) is 0 Å². The Bertz CT molecular complexity index is 391. The van der Waals surface area contributed by atoms with E-state index in [1.807, 2.05) is 7.05 Å². The van der Waals surface area contributed by atoms with Gasteiger partial charge in [0.15, 0.2) is 5.96 Å². The molecule has 5 heteroatoms. The molecule has 1 aromatic rings. The molecule has 0 spiro atoms. The monoisotopic (exact) mass is 405 g/mol. The third kappa shape index (κ3) is 6.35. The number of hydrogen-bond donors (Lipinski definition) is 2. The lowest BCUT2D eigenvalue weighted by molar-refractivity contribution is 0.724. The van der Waals surface area contributed by atoms with Gasteiger partial charge in [0, 0.05) is 25.4 Å². The molecule has 20 heavy (non-hydrogen) atoms. The number of benzene rings is 1. The molecule has 1 atom stereocenters. The van der Waals surface area contributed by atoms with Crippen LogP contribution in [0.5, 0.6) is 0 Å². The van der Waals surface area contributed by atoms with Crippen molar-refractivity contribution in [1.29, 1.82) is 0 Å². The van der Waals surface area contributed by atoms with Gasteiger partial charge in [-0.1, -0.05) is 30.3 Å². The smallest absolute Gasteiger partial charge is 0.191 e. The van der Waals surface area contributed by atoms with Crippen LogP contribution in [0, 0.1) is 0 Å². The maximum Gasteiger partial charge on any atom is 0.191 e. The molecule has 1 saturated heterocycles. The zero-order valence-electron chi connectivity index (χ0n) is 12.0. The number of halogens is 1. The molecule has 0 saturated carbocycles. The summed E-state index contributed by atoms with van der Waals surface area (Å²) in [6, 6.07) is 10.5. The van der Waals surface area contributed by atoms with Gasteiger partial charge in [-0.2, -0.15) is 11.8 Å². The van der Waals surface area contributed by atoms with Crippen LogP contribution in [0.3, 0.4) is 0 Å². The molecule has 2 N–H and O–H groups in total. The van der Waals surface area contributed by atoms with E-state index in [1.165, 1.54) is 24.2 Å². The second-order valence-corrected chi connectivity index (χ2v) is 6.16. The van der Waals surface area contributed by atoms with Crippen molar-refractivity contribution in [3.8, 4) is 0 Å². The molecule has 0 amide bonds. The summed E-state index contributed by atoms with van der Waals surface area (Å²) >= 11 is 2.07. The molecule has 112 valence electrons. The highest BCUT2D eigenvalue weighted by molar-refractivity contribution is 14.0. The molecule has 3 nitrogen and oxygen atoms in total. The van der Waals surface area contributed by atoms with Crippen LogP contribution in [0.2, 0.25) is 0 Å². The predicted molar refractivity (Wildman–Crippen MR) is 100 cm³/mol. The lowest BCUT2D eigenvalue weighted by Gasteiger charge is -2.14. The van der Waals surface area contributed by atoms with E-state index in [-0.39, 0.29) is 24.0 Å². The van der Waals surface area contributed by atoms with Crippen LogP contribution in [-0.4, -0.2) is 37.1 Å². The number of nitrogens with one attached hydrogen (secondary N) is 2. The number of aliphatic imine (C=N–C) groups is 1. The predicted octanol–water partition coefficient (Wildman–Crippen LogP) is 2.91. The molecule has 1 aromatic carbocycles. The van der Waals surface area contributed by atoms with Crippen LogP contribution in [0.15, 0.2) is 35.3 Å². The van der Waals surface area contributed by atoms with Crippen LogP contribution in [0.4, 0.5) is 0 Å². The Balaban J connectivity index is 0.00000200. The molecule has 1 fully saturated rings. The fourth-order valence-corrected chi connectivity index (χ4v) is 3.41. The highest BCUT2D eigenvalue weighted by atomic mass is 127. The molecular weight excluding hydrogens is 381 g/mol. The van der Waals surface area contributed by atoms with Crippen molar-refractivity contribution in [2.45, 2.75) is 24.5 Å². The molecule has 2 rings (SSSR count). The molecule has 1 unspecified atom stereocenters. The molecule has 1 heterocycles. The largest absolute Gasteiger partial charge is 0.356 e. The quantitative estimate of drug-likeness (QED) is 0.450. The van der Waals surface area contributed by atoms with Crippen LogP contribution >= 0.6 is 35.7 Å². The second kappa shape index (κ2) is 10.3. The maximum atomic E-state index is 4.27. The Morgan fingerprint density at radius 1 is 1.30 bits per heavy atom. The summed E-state index contributed by atoms with van der Waals surface area (Å²) in [5.41, 5.74) is 1.36. The van der Waals surface area contributed by atoms with Gasteiger partial charge in [-0.15, -0.1) is 24.0 Å². The summed E-state index contributed by atoms with van der Waals surface area (Å²) in [4.78, 5) is 4.27. The van der Waals surface area contributed by atoms with E-state index >= 15 is 0 Å². The first-order valence-electron chi connectivity index (χ1n) is 6.98. The number of thioether (sulfide) groups is 1. The average Bonchev–Trinajstić information content (AvgIpc) is 2.97. The van der Waals surface area contributed by atoms with Gasteiger partial charge in [0.25, 0.3) is 0 Å². The third-order valence-electron chi connectivity index (χ3n) is 3.29. The number of guanidine groups is 1. The van der Waals surface area contributed by atoms with Crippen molar-refractivity contribution in [2.75, 3.05) is 25.9 Å². The number of hydrogen-bond acceptors (Lipinski definition) is 2. The van der Waals surface area contributed by atoms with Crippen molar-refractivity contribution < 1.29 is 0 Å². The van der Waals surface area contributed by atoms with E-state index in [1.54, 1.807) is 0 Å². The van der Waals surface area contributed by atoms with Gasteiger partial charge in [-0.25, -0.2) is 0 Å². The highest BCUT2D eigenvalue weighted by Gasteiger charge is 2.15. The van der Waals surface area contributed by atoms with Crippen molar-refractivity contribution in [2.24, 2.45) is 4.99 Å². The van der Waals surface area contributed by atoms with E-state index < -0.39 is 0 Å². The van der Waals surface area contributed by atoms with Crippen molar-refractivity contribution in [1.82, 2.24) is 10.6 Å². The fraction of sp³-hybridized carbons (Fsp3) is 0.533. The fourth-order valence-electron chi connectivity index (χ4n) is 2.21. The summed E-state index contributed by atoms with van der Waals surface area (Å²) in [6.45, 7) is 1.94. The highest BCUT2D eigenvalue weighted by Crippen LogP contribution is 2.25. The number of rotatable bonds is 5. The lowest BCUT2D eigenvalue weighted by Crippen LogP contribution is -2.40. The van der Waals surface area contributed by atoms with E-state index in [4.69, 9.17) is 0 Å². The van der Waals surface area contributed by atoms with Gasteiger partial charge in [-0.3, -0.25) is 4.99 Å². The molecule has 1 aliphatic rings. The second-order valence-electron chi connectivity index (χ2n) is 4.75. The normalized spacial score (nSPS) is 18.4. The zero-order chi connectivity index (χ0) is 13.3. The van der Waals surface area contributed by atoms with E-state index in [0.717, 1.165) is 30.7 Å². The van der Waals surface area contributed by atoms with Crippen molar-refractivity contribution >= 4 is 41.7 Å². The Kier molecular flexibility index (Phi) is 9.09. The lowest BCUT2D eigenvalue weighted by atomic mass is 10.1. The van der Waals surface area contributed by atoms with E-state index in [2.05, 4.69) is 57.7 Å². The first-order valence-corrected chi connectivity index (χ1v) is 8.03. The summed E-state index contributed by atoms with van der Waals surface area (Å²) in [5, 5.41) is 7.54. The summed E-state index contributed by atoms with van der Waals surface area (Å²) in [6.07, 6.45) is 3.72. The van der Waals surface area contributed by atoms with E-state index in [0.29, 0.717) is 0 Å². The van der Waals surface area contributed by atoms with Gasteiger partial charge in [0.05, 0.1) is 0 Å². The minimum Gasteiger partial charge on any atom is -0.356 e. The minimum atomic E-state index is 0. The number of nitrogens with zero attached hydrogens (tertiary/aromatic N) is 1. The maximum absolute atomic E-state index is 4.27. The summed E-state index contributed by atoms with van der Waals surface area (Å²) in [7, 11) is 1.83. The Morgan fingerprint density at radius 2 is 2.10 bits per heavy atom. The van der Waals surface area contributed by atoms with E-state index in [9.17, 15) is 0 Å². The Morgan fingerprint density at radius 3 is 2.75 bits per heavy atom. The van der Waals surface area contributed by atoms with Gasteiger partial charge >= 0.3 is 0 Å². The van der Waals surface area contributed by atoms with Gasteiger partial charge in [0.1, 0.15) is 0 Å². The molecule has 0 aromatic heterocycles. The van der Waals surface area contributed by atoms with Crippen LogP contribution in [-0.2, 0) is 6.42 Å². The first-order chi connectivity index (χ1) is 9.38. The van der Waals surface area contributed by atoms with Crippen LogP contribution in [0.25, 0.3) is 0 Å². The summed E-state index contributed by atoms with van der Waals surface area (Å²) < 4.78 is 0. The van der Waals surface area contributed by atoms with Gasteiger partial charge in [0.2, 0.25) is 0 Å². The van der Waals surface area contributed by atoms with Crippen molar-refractivity contribution in [3.05, 3.63) is 35.9 Å². The van der Waals surface area contributed by atoms with Crippen LogP contribution in [0.1, 0.15) is 18.4 Å². The van der Waals surface area contributed by atoms with Gasteiger partial charge < -0.3 is 10.6 Å². The van der Waals surface area contributed by atoms with Crippen LogP contribution < -0.4 is 10.6 Å². The first kappa shape index (κ1) is 17.6. The molecule has 0 bridgehead atoms. The minimum absolute atomic E-state index is 0. The SMILES string of the molecule is CN=C(NCCc1ccccc1)NCC1CCCS1.I. The zero-order valence-corrected chi connectivity index (χ0v) is 15.1. The Hall–Kier alpha value is -0.430. The third-order valence-corrected chi connectivity index (χ3v) is 4.69. The topological polar surface area (TPSA) is 36.4 Å². The Labute approximate surface area is 143 Å². The molecular formula is C15H24IN3S. The standard InChI is InChI=1S/C15H23N3S.HI/c1-16-15(18-12-14-8-5-11-19-14)17-10-9-13-6-3-2-4-7-13;/h2-4,6-7,14H,5,8-12H2,1H3,(H2,16,17,18);1H. The molecule has 1 aliphatic heterocycles. The molecule has 0 radical (unpaired) electrons. The van der Waals surface area contributed by atoms with Gasteiger partial charge in [-0.05, 0) is 30.6 Å². The molecule has 0 aliphatic carbocycles. The summed E-state index contributed by atoms with van der Waals surface area (Å²) in [5.74, 6) is 2.23. The average molecular weight is 405 g/mol.